The maximum Gasteiger partial charge on any atom is 0.213 e. The average Bonchev–Trinajstić information content (AvgIpc) is 2.71. The molecule has 1 aromatic heterocycles. The molecule has 5 nitrogen and oxygen atoms in total. The van der Waals surface area contributed by atoms with E-state index in [4.69, 9.17) is 0 Å². The molecule has 1 aliphatic carbocycles. The van der Waals surface area contributed by atoms with Crippen molar-refractivity contribution < 1.29 is 13.2 Å². The van der Waals surface area contributed by atoms with Crippen molar-refractivity contribution in [1.82, 2.24) is 9.29 Å². The Morgan fingerprint density at radius 2 is 2.17 bits per heavy atom. The predicted molar refractivity (Wildman–Crippen MR) is 69.2 cm³/mol. The van der Waals surface area contributed by atoms with Crippen LogP contribution < -0.4 is 4.72 Å². The zero-order chi connectivity index (χ0) is 13.2. The van der Waals surface area contributed by atoms with Gasteiger partial charge in [-0.15, -0.1) is 0 Å². The van der Waals surface area contributed by atoms with Crippen molar-refractivity contribution in [3.63, 3.8) is 0 Å². The Balaban J connectivity index is 2.10. The molecule has 0 radical (unpaired) electrons. The number of Topliss-reactive ketones (excluding diaryl/α,β-unsaturated/α-hetero) is 1. The van der Waals surface area contributed by atoms with E-state index < -0.39 is 10.0 Å². The van der Waals surface area contributed by atoms with Gasteiger partial charge in [-0.05, 0) is 18.9 Å². The molecule has 0 bridgehead atoms. The summed E-state index contributed by atoms with van der Waals surface area (Å²) in [5.41, 5.74) is 1.75. The van der Waals surface area contributed by atoms with Crippen molar-refractivity contribution in [3.8, 4) is 0 Å². The van der Waals surface area contributed by atoms with Crippen molar-refractivity contribution in [2.45, 2.75) is 32.7 Å². The van der Waals surface area contributed by atoms with Crippen LogP contribution in [0.4, 0.5) is 0 Å². The molecule has 100 valence electrons. The lowest BCUT2D eigenvalue weighted by Crippen LogP contribution is -2.28. The van der Waals surface area contributed by atoms with Crippen LogP contribution in [-0.4, -0.2) is 31.1 Å². The number of fused-ring (bicyclic) bond motifs is 1. The molecule has 0 saturated carbocycles. The van der Waals surface area contributed by atoms with Gasteiger partial charge in [0.1, 0.15) is 0 Å². The molecule has 0 unspecified atom stereocenters. The third-order valence-electron chi connectivity index (χ3n) is 3.16. The van der Waals surface area contributed by atoms with Gasteiger partial charge in [-0.2, -0.15) is 0 Å². The summed E-state index contributed by atoms with van der Waals surface area (Å²) in [6, 6.07) is 1.80. The highest BCUT2D eigenvalue weighted by Gasteiger charge is 2.21. The number of carbonyl (C=O) groups is 1. The number of nitrogens with zero attached hydrogens (tertiary/aromatic N) is 1. The van der Waals surface area contributed by atoms with E-state index in [0.717, 1.165) is 24.1 Å². The highest BCUT2D eigenvalue weighted by atomic mass is 32.2. The molecular formula is C12H18N2O3S. The van der Waals surface area contributed by atoms with E-state index in [0.29, 0.717) is 19.5 Å². The monoisotopic (exact) mass is 270 g/mol. The van der Waals surface area contributed by atoms with Gasteiger partial charge < -0.3 is 4.57 Å². The van der Waals surface area contributed by atoms with E-state index in [1.807, 2.05) is 10.8 Å². The topological polar surface area (TPSA) is 68.2 Å². The van der Waals surface area contributed by atoms with E-state index in [2.05, 4.69) is 4.72 Å². The normalized spacial score (nSPS) is 15.7. The van der Waals surface area contributed by atoms with Crippen LogP contribution in [0, 0.1) is 0 Å². The molecule has 1 aliphatic rings. The molecule has 0 saturated heterocycles. The molecule has 0 fully saturated rings. The number of carbonyl (C=O) groups excluding carboxylic acids is 1. The fourth-order valence-electron chi connectivity index (χ4n) is 2.31. The summed E-state index contributed by atoms with van der Waals surface area (Å²) in [5, 5.41) is 0. The molecule has 0 spiro atoms. The lowest BCUT2D eigenvalue weighted by atomic mass is 9.97. The van der Waals surface area contributed by atoms with Gasteiger partial charge in [0.25, 0.3) is 0 Å². The van der Waals surface area contributed by atoms with E-state index in [9.17, 15) is 13.2 Å². The first-order valence-electron chi connectivity index (χ1n) is 6.22. The van der Waals surface area contributed by atoms with Gasteiger partial charge in [0.15, 0.2) is 5.78 Å². The summed E-state index contributed by atoms with van der Waals surface area (Å²) in [6.07, 6.45) is 4.13. The summed E-state index contributed by atoms with van der Waals surface area (Å²) in [7, 11) is -3.20. The second-order valence-corrected chi connectivity index (χ2v) is 6.39. The average molecular weight is 270 g/mol. The molecular weight excluding hydrogens is 252 g/mol. The van der Waals surface area contributed by atoms with E-state index in [1.54, 1.807) is 13.0 Å². The Kier molecular flexibility index (Phi) is 3.87. The van der Waals surface area contributed by atoms with Gasteiger partial charge in [0.2, 0.25) is 10.0 Å². The Labute approximate surface area is 107 Å². The summed E-state index contributed by atoms with van der Waals surface area (Å²) >= 11 is 0. The van der Waals surface area contributed by atoms with Crippen LogP contribution in [0.25, 0.3) is 0 Å². The predicted octanol–water partition coefficient (Wildman–Crippen LogP) is 0.946. The first-order valence-corrected chi connectivity index (χ1v) is 7.87. The Morgan fingerprint density at radius 3 is 2.89 bits per heavy atom. The van der Waals surface area contributed by atoms with Crippen LogP contribution in [-0.2, 0) is 23.0 Å². The van der Waals surface area contributed by atoms with E-state index in [1.165, 1.54) is 0 Å². The first kappa shape index (κ1) is 13.3. The zero-order valence-electron chi connectivity index (χ0n) is 10.5. The fraction of sp³-hybridized carbons (Fsp3) is 0.583. The number of ketones is 1. The zero-order valence-corrected chi connectivity index (χ0v) is 11.3. The van der Waals surface area contributed by atoms with Gasteiger partial charge >= 0.3 is 0 Å². The molecule has 2 rings (SSSR count). The highest BCUT2D eigenvalue weighted by molar-refractivity contribution is 7.89. The van der Waals surface area contributed by atoms with Gasteiger partial charge in [-0.1, -0.05) is 6.92 Å². The van der Waals surface area contributed by atoms with Crippen molar-refractivity contribution in [3.05, 3.63) is 23.5 Å². The van der Waals surface area contributed by atoms with Crippen LogP contribution in [0.15, 0.2) is 12.3 Å². The number of sulfonamides is 1. The van der Waals surface area contributed by atoms with Gasteiger partial charge in [-0.3, -0.25) is 4.79 Å². The Hall–Kier alpha value is -1.14. The number of aromatic nitrogens is 1. The van der Waals surface area contributed by atoms with Crippen molar-refractivity contribution in [2.75, 3.05) is 12.3 Å². The van der Waals surface area contributed by atoms with Crippen molar-refractivity contribution in [1.29, 1.82) is 0 Å². The van der Waals surface area contributed by atoms with Crippen LogP contribution in [0.3, 0.4) is 0 Å². The highest BCUT2D eigenvalue weighted by Crippen LogP contribution is 2.22. The molecule has 6 heteroatoms. The summed E-state index contributed by atoms with van der Waals surface area (Å²) in [4.78, 5) is 11.7. The second-order valence-electron chi connectivity index (χ2n) is 4.46. The summed E-state index contributed by atoms with van der Waals surface area (Å²) < 4.78 is 27.5. The maximum absolute atomic E-state index is 11.7. The van der Waals surface area contributed by atoms with Crippen LogP contribution in [0.2, 0.25) is 0 Å². The molecule has 1 heterocycles. The van der Waals surface area contributed by atoms with Crippen LogP contribution in [0.5, 0.6) is 0 Å². The first-order chi connectivity index (χ1) is 8.53. The summed E-state index contributed by atoms with van der Waals surface area (Å²) in [6.45, 7) is 2.57. The van der Waals surface area contributed by atoms with E-state index >= 15 is 0 Å². The second kappa shape index (κ2) is 5.24. The number of rotatable bonds is 5. The van der Waals surface area contributed by atoms with E-state index in [-0.39, 0.29) is 11.5 Å². The molecule has 1 aromatic rings. The third kappa shape index (κ3) is 2.81. The minimum atomic E-state index is -3.20. The van der Waals surface area contributed by atoms with Gasteiger partial charge in [-0.25, -0.2) is 13.1 Å². The number of hydrogen-bond acceptors (Lipinski definition) is 3. The van der Waals surface area contributed by atoms with Gasteiger partial charge in [0.05, 0.1) is 5.75 Å². The standard InChI is InChI=1S/C12H18N2O3S/c1-2-13-18(16,17)9-8-14-7-6-10-11(14)4-3-5-12(10)15/h6-7,13H,2-5,8-9H2,1H3. The minimum absolute atomic E-state index is 0.0517. The number of aryl methyl sites for hydroxylation is 1. The molecule has 0 aromatic carbocycles. The largest absolute Gasteiger partial charge is 0.350 e. The lowest BCUT2D eigenvalue weighted by molar-refractivity contribution is 0.0972. The molecule has 0 atom stereocenters. The quantitative estimate of drug-likeness (QED) is 0.866. The minimum Gasteiger partial charge on any atom is -0.350 e. The molecule has 1 N–H and O–H groups in total. The lowest BCUT2D eigenvalue weighted by Gasteiger charge is -2.15. The number of hydrogen-bond donors (Lipinski definition) is 1. The maximum atomic E-state index is 11.7. The number of nitrogens with one attached hydrogen (secondary N) is 1. The van der Waals surface area contributed by atoms with Crippen molar-refractivity contribution >= 4 is 15.8 Å². The van der Waals surface area contributed by atoms with Crippen LogP contribution >= 0.6 is 0 Å². The molecule has 0 aliphatic heterocycles. The van der Waals surface area contributed by atoms with Gasteiger partial charge in [0, 0.05) is 37.0 Å². The third-order valence-corrected chi connectivity index (χ3v) is 4.61. The smallest absolute Gasteiger partial charge is 0.213 e. The Bertz CT molecular complexity index is 546. The molecule has 0 amide bonds. The Morgan fingerprint density at radius 1 is 1.39 bits per heavy atom. The van der Waals surface area contributed by atoms with Crippen molar-refractivity contribution in [2.24, 2.45) is 0 Å². The summed E-state index contributed by atoms with van der Waals surface area (Å²) in [5.74, 6) is 0.223. The van der Waals surface area contributed by atoms with Crippen LogP contribution in [0.1, 0.15) is 35.8 Å². The fourth-order valence-corrected chi connectivity index (χ4v) is 3.33. The molecule has 18 heavy (non-hydrogen) atoms. The SMILES string of the molecule is CCNS(=O)(=O)CCn1ccc2c1CCCC2=O.